The SMILES string of the molecule is [B]c1ccc(C(N)CCC2CN(C(=O)OC(C)(C)C)C(C)(C)C2)nc1. The Labute approximate surface area is 152 Å². The molecule has 136 valence electrons. The average molecular weight is 343 g/mol. The second kappa shape index (κ2) is 7.36. The van der Waals surface area contributed by atoms with Crippen LogP contribution in [-0.2, 0) is 4.74 Å². The fourth-order valence-electron chi connectivity index (χ4n) is 3.42. The molecule has 1 saturated heterocycles. The molecule has 0 aromatic carbocycles. The molecule has 2 atom stereocenters. The first-order chi connectivity index (χ1) is 11.5. The predicted molar refractivity (Wildman–Crippen MR) is 101 cm³/mol. The number of nitrogens with two attached hydrogens (primary N) is 1. The fourth-order valence-corrected chi connectivity index (χ4v) is 3.42. The van der Waals surface area contributed by atoms with Crippen molar-refractivity contribution in [1.29, 1.82) is 0 Å². The Hall–Kier alpha value is -1.56. The molecule has 1 aromatic heterocycles. The van der Waals surface area contributed by atoms with Crippen molar-refractivity contribution in [1.82, 2.24) is 9.88 Å². The predicted octanol–water partition coefficient (Wildman–Crippen LogP) is 2.69. The molecule has 6 heteroatoms. The molecule has 2 rings (SSSR count). The molecule has 2 unspecified atom stereocenters. The molecule has 1 fully saturated rings. The summed E-state index contributed by atoms with van der Waals surface area (Å²) in [5.74, 6) is 0.419. The van der Waals surface area contributed by atoms with E-state index >= 15 is 0 Å². The molecule has 1 amide bonds. The van der Waals surface area contributed by atoms with Crippen molar-refractivity contribution < 1.29 is 9.53 Å². The van der Waals surface area contributed by atoms with Gasteiger partial charge in [-0.05, 0) is 65.9 Å². The highest BCUT2D eigenvalue weighted by molar-refractivity contribution is 6.32. The van der Waals surface area contributed by atoms with Crippen molar-refractivity contribution in [2.24, 2.45) is 11.7 Å². The Bertz CT molecular complexity index is 596. The first-order valence-corrected chi connectivity index (χ1v) is 8.95. The highest BCUT2D eigenvalue weighted by Crippen LogP contribution is 2.36. The maximum Gasteiger partial charge on any atom is 0.410 e. The third kappa shape index (κ3) is 5.46. The Morgan fingerprint density at radius 3 is 2.72 bits per heavy atom. The van der Waals surface area contributed by atoms with Crippen molar-refractivity contribution in [2.45, 2.75) is 71.1 Å². The number of ether oxygens (including phenoxy) is 1. The summed E-state index contributed by atoms with van der Waals surface area (Å²) in [5, 5.41) is 0. The van der Waals surface area contributed by atoms with E-state index in [2.05, 4.69) is 18.8 Å². The van der Waals surface area contributed by atoms with E-state index in [1.807, 2.05) is 37.8 Å². The van der Waals surface area contributed by atoms with Crippen LogP contribution in [0.2, 0.25) is 0 Å². The van der Waals surface area contributed by atoms with E-state index in [4.69, 9.17) is 18.3 Å². The van der Waals surface area contributed by atoms with Gasteiger partial charge in [0.05, 0.1) is 5.69 Å². The Kier molecular flexibility index (Phi) is 5.82. The van der Waals surface area contributed by atoms with Gasteiger partial charge in [0.1, 0.15) is 13.4 Å². The lowest BCUT2D eigenvalue weighted by molar-refractivity contribution is 0.0131. The third-order valence-electron chi connectivity index (χ3n) is 4.65. The number of likely N-dealkylation sites (tertiary alicyclic amines) is 1. The number of hydrogen-bond donors (Lipinski definition) is 1. The monoisotopic (exact) mass is 343 g/mol. The van der Waals surface area contributed by atoms with Crippen LogP contribution in [0.4, 0.5) is 4.79 Å². The molecule has 1 aliphatic rings. The van der Waals surface area contributed by atoms with Crippen molar-refractivity contribution in [2.75, 3.05) is 6.54 Å². The maximum absolute atomic E-state index is 12.5. The van der Waals surface area contributed by atoms with E-state index in [0.717, 1.165) is 25.0 Å². The minimum Gasteiger partial charge on any atom is -0.444 e. The highest BCUT2D eigenvalue weighted by atomic mass is 16.6. The molecule has 0 saturated carbocycles. The van der Waals surface area contributed by atoms with Crippen LogP contribution in [0, 0.1) is 5.92 Å². The van der Waals surface area contributed by atoms with Gasteiger partial charge >= 0.3 is 6.09 Å². The topological polar surface area (TPSA) is 68.5 Å². The van der Waals surface area contributed by atoms with Gasteiger partial charge in [0, 0.05) is 24.3 Å². The van der Waals surface area contributed by atoms with E-state index in [1.165, 1.54) is 0 Å². The Morgan fingerprint density at radius 1 is 1.48 bits per heavy atom. The van der Waals surface area contributed by atoms with Gasteiger partial charge in [0.25, 0.3) is 0 Å². The molecule has 1 aromatic rings. The summed E-state index contributed by atoms with van der Waals surface area (Å²) in [6.07, 6.45) is 4.15. The molecular weight excluding hydrogens is 313 g/mol. The summed E-state index contributed by atoms with van der Waals surface area (Å²) in [7, 11) is 5.66. The lowest BCUT2D eigenvalue weighted by atomic mass is 9.91. The quantitative estimate of drug-likeness (QED) is 0.854. The Balaban J connectivity index is 1.91. The molecule has 25 heavy (non-hydrogen) atoms. The van der Waals surface area contributed by atoms with E-state index in [0.29, 0.717) is 17.9 Å². The average Bonchev–Trinajstić information content (AvgIpc) is 2.78. The summed E-state index contributed by atoms with van der Waals surface area (Å²) in [6.45, 7) is 10.6. The van der Waals surface area contributed by atoms with Crippen LogP contribution in [-0.4, -0.2) is 41.5 Å². The van der Waals surface area contributed by atoms with Gasteiger partial charge in [0.15, 0.2) is 0 Å². The second-order valence-corrected chi connectivity index (χ2v) is 8.67. The summed E-state index contributed by atoms with van der Waals surface area (Å²) >= 11 is 0. The molecule has 0 aliphatic carbocycles. The van der Waals surface area contributed by atoms with Crippen LogP contribution < -0.4 is 11.2 Å². The number of carbonyl (C=O) groups is 1. The second-order valence-electron chi connectivity index (χ2n) is 8.67. The minimum absolute atomic E-state index is 0.112. The highest BCUT2D eigenvalue weighted by Gasteiger charge is 2.42. The molecule has 2 radical (unpaired) electrons. The normalized spacial score (nSPS) is 21.2. The zero-order valence-electron chi connectivity index (χ0n) is 16.1. The zero-order valence-corrected chi connectivity index (χ0v) is 16.1. The van der Waals surface area contributed by atoms with Gasteiger partial charge in [-0.15, -0.1) is 0 Å². The number of pyridine rings is 1. The fraction of sp³-hybridized carbons (Fsp3) is 0.684. The lowest BCUT2D eigenvalue weighted by Crippen LogP contribution is -2.45. The van der Waals surface area contributed by atoms with Crippen LogP contribution in [0.15, 0.2) is 18.3 Å². The van der Waals surface area contributed by atoms with Gasteiger partial charge in [0.2, 0.25) is 0 Å². The number of hydrogen-bond acceptors (Lipinski definition) is 4. The summed E-state index contributed by atoms with van der Waals surface area (Å²) < 4.78 is 5.55. The van der Waals surface area contributed by atoms with Gasteiger partial charge in [-0.3, -0.25) is 4.98 Å². The van der Waals surface area contributed by atoms with Gasteiger partial charge in [-0.25, -0.2) is 4.79 Å². The van der Waals surface area contributed by atoms with Crippen LogP contribution in [0.3, 0.4) is 0 Å². The molecule has 2 N–H and O–H groups in total. The molecule has 5 nitrogen and oxygen atoms in total. The van der Waals surface area contributed by atoms with Crippen molar-refractivity contribution in [3.63, 3.8) is 0 Å². The summed E-state index contributed by atoms with van der Waals surface area (Å²) in [5.41, 5.74) is 7.08. The van der Waals surface area contributed by atoms with Crippen molar-refractivity contribution in [3.8, 4) is 0 Å². The molecule has 1 aliphatic heterocycles. The van der Waals surface area contributed by atoms with E-state index in [9.17, 15) is 4.79 Å². The van der Waals surface area contributed by atoms with Crippen LogP contribution in [0.5, 0.6) is 0 Å². The number of carbonyl (C=O) groups excluding carboxylic acids is 1. The van der Waals surface area contributed by atoms with Crippen LogP contribution in [0.1, 0.15) is 65.6 Å². The Morgan fingerprint density at radius 2 is 2.16 bits per heavy atom. The van der Waals surface area contributed by atoms with Crippen LogP contribution >= 0.6 is 0 Å². The minimum atomic E-state index is -0.478. The third-order valence-corrected chi connectivity index (χ3v) is 4.65. The largest absolute Gasteiger partial charge is 0.444 e. The zero-order chi connectivity index (χ0) is 18.8. The number of nitrogens with zero attached hydrogens (tertiary/aromatic N) is 2. The molecular formula is C19H30BN3O2. The molecule has 2 heterocycles. The summed E-state index contributed by atoms with van der Waals surface area (Å²) in [6, 6.07) is 3.59. The molecule has 0 bridgehead atoms. The van der Waals surface area contributed by atoms with Crippen molar-refractivity contribution in [3.05, 3.63) is 24.0 Å². The number of rotatable bonds is 4. The van der Waals surface area contributed by atoms with Crippen LogP contribution in [0.25, 0.3) is 0 Å². The van der Waals surface area contributed by atoms with Gasteiger partial charge in [-0.2, -0.15) is 0 Å². The van der Waals surface area contributed by atoms with Gasteiger partial charge < -0.3 is 15.4 Å². The standard InChI is InChI=1S/C19H30BN3O2/c1-18(2,3)25-17(24)23-12-13(10-19(23,4)5)6-8-15(21)16-9-7-14(20)11-22-16/h7,9,11,13,15H,6,8,10,12,21H2,1-5H3. The van der Waals surface area contributed by atoms with E-state index < -0.39 is 5.60 Å². The van der Waals surface area contributed by atoms with E-state index in [1.54, 1.807) is 6.20 Å². The smallest absolute Gasteiger partial charge is 0.410 e. The first kappa shape index (κ1) is 19.8. The molecule has 0 spiro atoms. The lowest BCUT2D eigenvalue weighted by Gasteiger charge is -2.33. The number of aromatic nitrogens is 1. The van der Waals surface area contributed by atoms with Gasteiger partial charge in [-0.1, -0.05) is 11.5 Å². The first-order valence-electron chi connectivity index (χ1n) is 8.95. The number of amides is 1. The summed E-state index contributed by atoms with van der Waals surface area (Å²) in [4.78, 5) is 18.6. The van der Waals surface area contributed by atoms with E-state index in [-0.39, 0.29) is 17.7 Å². The van der Waals surface area contributed by atoms with Crippen molar-refractivity contribution >= 4 is 19.4 Å². The maximum atomic E-state index is 12.5.